The Hall–Kier alpha value is -1.03. The van der Waals surface area contributed by atoms with Gasteiger partial charge in [-0.2, -0.15) is 0 Å². The maximum atomic E-state index is 12.2. The zero-order valence-corrected chi connectivity index (χ0v) is 16.8. The van der Waals surface area contributed by atoms with E-state index in [1.54, 1.807) is 0 Å². The summed E-state index contributed by atoms with van der Waals surface area (Å²) in [6.45, 7) is 9.03. The lowest BCUT2D eigenvalue weighted by atomic mass is 9.87. The van der Waals surface area contributed by atoms with E-state index in [0.717, 1.165) is 42.6 Å². The Morgan fingerprint density at radius 3 is 2.42 bits per heavy atom. The van der Waals surface area contributed by atoms with Crippen molar-refractivity contribution in [3.63, 3.8) is 0 Å². The number of hydrogen-bond donors (Lipinski definition) is 0. The van der Waals surface area contributed by atoms with Crippen LogP contribution in [0.1, 0.15) is 64.9 Å². The first kappa shape index (κ1) is 19.3. The van der Waals surface area contributed by atoms with Crippen LogP contribution in [0.15, 0.2) is 22.7 Å². The SMILES string of the molecule is CC(C)(C)c1ccc(OCCCC(=O)N2CCCCCC2)c(Br)c1. The van der Waals surface area contributed by atoms with Gasteiger partial charge in [0.2, 0.25) is 5.91 Å². The van der Waals surface area contributed by atoms with Crippen molar-refractivity contribution in [2.24, 2.45) is 0 Å². The quantitative estimate of drug-likeness (QED) is 0.632. The lowest BCUT2D eigenvalue weighted by Crippen LogP contribution is -2.31. The molecule has 0 unspecified atom stereocenters. The molecule has 1 heterocycles. The summed E-state index contributed by atoms with van der Waals surface area (Å²) in [7, 11) is 0. The molecule has 0 bridgehead atoms. The number of likely N-dealkylation sites (tertiary alicyclic amines) is 1. The number of ether oxygens (including phenoxy) is 1. The molecular formula is C20H30BrNO2. The number of rotatable bonds is 5. The number of carbonyl (C=O) groups is 1. The van der Waals surface area contributed by atoms with Gasteiger partial charge in [0.25, 0.3) is 0 Å². The minimum absolute atomic E-state index is 0.126. The third-order valence-corrected chi connectivity index (χ3v) is 5.17. The van der Waals surface area contributed by atoms with E-state index >= 15 is 0 Å². The zero-order valence-electron chi connectivity index (χ0n) is 15.2. The van der Waals surface area contributed by atoms with Gasteiger partial charge in [0.1, 0.15) is 5.75 Å². The Balaban J connectivity index is 1.77. The molecule has 0 atom stereocenters. The molecule has 0 spiro atoms. The van der Waals surface area contributed by atoms with Crippen molar-refractivity contribution < 1.29 is 9.53 Å². The van der Waals surface area contributed by atoms with Crippen LogP contribution in [-0.2, 0) is 10.2 Å². The van der Waals surface area contributed by atoms with Crippen molar-refractivity contribution in [3.05, 3.63) is 28.2 Å². The summed E-state index contributed by atoms with van der Waals surface area (Å²) in [5, 5.41) is 0. The standard InChI is InChI=1S/C20H30BrNO2/c1-20(2,3)16-10-11-18(17(21)15-16)24-14-8-9-19(23)22-12-6-4-5-7-13-22/h10-11,15H,4-9,12-14H2,1-3H3. The van der Waals surface area contributed by atoms with Gasteiger partial charge in [-0.05, 0) is 58.3 Å². The van der Waals surface area contributed by atoms with Crippen LogP contribution in [0.4, 0.5) is 0 Å². The maximum Gasteiger partial charge on any atom is 0.222 e. The Bertz CT molecular complexity index is 543. The molecule has 0 aromatic heterocycles. The highest BCUT2D eigenvalue weighted by molar-refractivity contribution is 9.10. The van der Waals surface area contributed by atoms with Crippen molar-refractivity contribution in [3.8, 4) is 5.75 Å². The minimum atomic E-state index is 0.126. The van der Waals surface area contributed by atoms with E-state index in [2.05, 4.69) is 48.8 Å². The molecule has 0 saturated carbocycles. The van der Waals surface area contributed by atoms with E-state index < -0.39 is 0 Å². The molecule has 1 amide bonds. The van der Waals surface area contributed by atoms with E-state index in [1.165, 1.54) is 18.4 Å². The highest BCUT2D eigenvalue weighted by atomic mass is 79.9. The normalized spacial score (nSPS) is 15.9. The molecule has 0 radical (unpaired) electrons. The van der Waals surface area contributed by atoms with Gasteiger partial charge in [0, 0.05) is 19.5 Å². The summed E-state index contributed by atoms with van der Waals surface area (Å²) < 4.78 is 6.83. The summed E-state index contributed by atoms with van der Waals surface area (Å²) in [6.07, 6.45) is 6.15. The molecule has 1 aliphatic heterocycles. The molecule has 1 fully saturated rings. The third kappa shape index (κ3) is 5.80. The van der Waals surface area contributed by atoms with Gasteiger partial charge < -0.3 is 9.64 Å². The Labute approximate surface area is 154 Å². The number of hydrogen-bond acceptors (Lipinski definition) is 2. The predicted molar refractivity (Wildman–Crippen MR) is 103 cm³/mol. The molecule has 3 nitrogen and oxygen atoms in total. The smallest absolute Gasteiger partial charge is 0.222 e. The molecule has 1 aromatic rings. The predicted octanol–water partition coefficient (Wildman–Crippen LogP) is 5.31. The Kier molecular flexibility index (Phi) is 7.15. The third-order valence-electron chi connectivity index (χ3n) is 4.55. The molecule has 134 valence electrons. The zero-order chi connectivity index (χ0) is 17.6. The monoisotopic (exact) mass is 395 g/mol. The molecular weight excluding hydrogens is 366 g/mol. The second-order valence-electron chi connectivity index (χ2n) is 7.64. The van der Waals surface area contributed by atoms with E-state index in [9.17, 15) is 4.79 Å². The average Bonchev–Trinajstić information content (AvgIpc) is 2.80. The highest BCUT2D eigenvalue weighted by Crippen LogP contribution is 2.31. The summed E-state index contributed by atoms with van der Waals surface area (Å²) in [5.41, 5.74) is 1.40. The first-order valence-corrected chi connectivity index (χ1v) is 9.88. The molecule has 1 aromatic carbocycles. The van der Waals surface area contributed by atoms with Gasteiger partial charge in [-0.1, -0.05) is 39.7 Å². The van der Waals surface area contributed by atoms with E-state index in [-0.39, 0.29) is 11.3 Å². The van der Waals surface area contributed by atoms with E-state index in [0.29, 0.717) is 13.0 Å². The summed E-state index contributed by atoms with van der Waals surface area (Å²) in [4.78, 5) is 14.3. The largest absolute Gasteiger partial charge is 0.492 e. The van der Waals surface area contributed by atoms with Gasteiger partial charge >= 0.3 is 0 Å². The second kappa shape index (κ2) is 8.89. The van der Waals surface area contributed by atoms with Crippen LogP contribution in [0, 0.1) is 0 Å². The highest BCUT2D eigenvalue weighted by Gasteiger charge is 2.16. The number of amides is 1. The van der Waals surface area contributed by atoms with Crippen molar-refractivity contribution in [1.29, 1.82) is 0 Å². The molecule has 2 rings (SSSR count). The molecule has 1 aliphatic rings. The number of halogens is 1. The van der Waals surface area contributed by atoms with E-state index in [1.807, 2.05) is 11.0 Å². The summed E-state index contributed by atoms with van der Waals surface area (Å²) in [6, 6.07) is 6.25. The maximum absolute atomic E-state index is 12.2. The Morgan fingerprint density at radius 2 is 1.83 bits per heavy atom. The number of nitrogens with zero attached hydrogens (tertiary/aromatic N) is 1. The van der Waals surface area contributed by atoms with Gasteiger partial charge in [-0.15, -0.1) is 0 Å². The van der Waals surface area contributed by atoms with Crippen molar-refractivity contribution in [1.82, 2.24) is 4.90 Å². The first-order chi connectivity index (χ1) is 11.4. The van der Waals surface area contributed by atoms with Crippen LogP contribution in [-0.4, -0.2) is 30.5 Å². The van der Waals surface area contributed by atoms with Crippen LogP contribution >= 0.6 is 15.9 Å². The molecule has 0 aliphatic carbocycles. The molecule has 1 saturated heterocycles. The molecule has 0 N–H and O–H groups in total. The lowest BCUT2D eigenvalue weighted by molar-refractivity contribution is -0.131. The number of carbonyl (C=O) groups excluding carboxylic acids is 1. The van der Waals surface area contributed by atoms with Crippen LogP contribution in [0.25, 0.3) is 0 Å². The summed E-state index contributed by atoms with van der Waals surface area (Å²) in [5.74, 6) is 1.13. The van der Waals surface area contributed by atoms with Crippen LogP contribution < -0.4 is 4.74 Å². The van der Waals surface area contributed by atoms with Crippen molar-refractivity contribution in [2.45, 2.75) is 64.7 Å². The topological polar surface area (TPSA) is 29.5 Å². The van der Waals surface area contributed by atoms with E-state index in [4.69, 9.17) is 4.74 Å². The average molecular weight is 396 g/mol. The Morgan fingerprint density at radius 1 is 1.17 bits per heavy atom. The van der Waals surface area contributed by atoms with Gasteiger partial charge in [-0.25, -0.2) is 0 Å². The minimum Gasteiger partial charge on any atom is -0.492 e. The molecule has 24 heavy (non-hydrogen) atoms. The van der Waals surface area contributed by atoms with Crippen LogP contribution in [0.5, 0.6) is 5.75 Å². The fourth-order valence-corrected chi connectivity index (χ4v) is 3.46. The van der Waals surface area contributed by atoms with Crippen molar-refractivity contribution >= 4 is 21.8 Å². The number of benzene rings is 1. The van der Waals surface area contributed by atoms with Gasteiger partial charge in [-0.3, -0.25) is 4.79 Å². The van der Waals surface area contributed by atoms with Gasteiger partial charge in [0.15, 0.2) is 0 Å². The summed E-state index contributed by atoms with van der Waals surface area (Å²) >= 11 is 3.59. The van der Waals surface area contributed by atoms with Gasteiger partial charge in [0.05, 0.1) is 11.1 Å². The first-order valence-electron chi connectivity index (χ1n) is 9.08. The molecule has 4 heteroatoms. The van der Waals surface area contributed by atoms with Crippen LogP contribution in [0.2, 0.25) is 0 Å². The fraction of sp³-hybridized carbons (Fsp3) is 0.650. The second-order valence-corrected chi connectivity index (χ2v) is 8.50. The fourth-order valence-electron chi connectivity index (χ4n) is 2.97. The lowest BCUT2D eigenvalue weighted by Gasteiger charge is -2.21. The van der Waals surface area contributed by atoms with Crippen molar-refractivity contribution in [2.75, 3.05) is 19.7 Å². The van der Waals surface area contributed by atoms with Crippen LogP contribution in [0.3, 0.4) is 0 Å².